The van der Waals surface area contributed by atoms with Crippen molar-refractivity contribution in [2.45, 2.75) is 45.3 Å². The number of anilines is 1. The number of rotatable bonds is 6. The van der Waals surface area contributed by atoms with Crippen molar-refractivity contribution < 1.29 is 5.11 Å². The first-order chi connectivity index (χ1) is 11.5. The van der Waals surface area contributed by atoms with Crippen molar-refractivity contribution in [1.29, 1.82) is 0 Å². The van der Waals surface area contributed by atoms with Crippen molar-refractivity contribution in [2.75, 3.05) is 24.5 Å². The highest BCUT2D eigenvalue weighted by atomic mass is 32.1. The summed E-state index contributed by atoms with van der Waals surface area (Å²) in [4.78, 5) is 11.6. The molecule has 0 aliphatic carbocycles. The number of hydrogen-bond donors (Lipinski definition) is 2. The van der Waals surface area contributed by atoms with Crippen molar-refractivity contribution in [1.82, 2.24) is 15.3 Å². The van der Waals surface area contributed by atoms with Crippen molar-refractivity contribution in [3.63, 3.8) is 0 Å². The zero-order valence-corrected chi connectivity index (χ0v) is 15.3. The monoisotopic (exact) mass is 346 g/mol. The minimum atomic E-state index is -0.863. The predicted octanol–water partition coefficient (Wildman–Crippen LogP) is 2.83. The van der Waals surface area contributed by atoms with E-state index >= 15 is 0 Å². The number of aromatic nitrogens is 2. The van der Waals surface area contributed by atoms with E-state index in [1.807, 2.05) is 36.7 Å². The van der Waals surface area contributed by atoms with Gasteiger partial charge in [0.05, 0.1) is 11.3 Å². The highest BCUT2D eigenvalue weighted by molar-refractivity contribution is 7.08. The first-order valence-corrected chi connectivity index (χ1v) is 9.54. The lowest BCUT2D eigenvalue weighted by Gasteiger charge is -2.27. The first kappa shape index (κ1) is 17.3. The number of aryl methyl sites for hydroxylation is 1. The van der Waals surface area contributed by atoms with Crippen molar-refractivity contribution >= 4 is 17.3 Å². The number of nitrogens with zero attached hydrogens (tertiary/aromatic N) is 3. The van der Waals surface area contributed by atoms with Gasteiger partial charge in [0.1, 0.15) is 0 Å². The molecule has 1 aliphatic heterocycles. The van der Waals surface area contributed by atoms with Crippen LogP contribution in [0.1, 0.15) is 43.1 Å². The molecule has 0 amide bonds. The number of nitrogens with one attached hydrogen (secondary N) is 1. The molecule has 1 saturated heterocycles. The van der Waals surface area contributed by atoms with Crippen LogP contribution in [0.5, 0.6) is 0 Å². The van der Waals surface area contributed by atoms with Crippen LogP contribution in [0, 0.1) is 6.92 Å². The molecule has 1 atom stereocenters. The molecule has 2 aromatic rings. The second-order valence-electron chi connectivity index (χ2n) is 6.74. The molecule has 3 heterocycles. The van der Waals surface area contributed by atoms with Crippen LogP contribution in [0.15, 0.2) is 22.9 Å². The maximum Gasteiger partial charge on any atom is 0.225 e. The normalized spacial score (nSPS) is 17.7. The van der Waals surface area contributed by atoms with E-state index in [-0.39, 0.29) is 0 Å². The molecule has 5 nitrogen and oxygen atoms in total. The SMILES string of the molecule is Cc1cc(CNCC(C)(O)c2ccsc2)nc(N2CCCCC2)n1. The third kappa shape index (κ3) is 4.32. The lowest BCUT2D eigenvalue weighted by Crippen LogP contribution is -2.35. The summed E-state index contributed by atoms with van der Waals surface area (Å²) in [5, 5.41) is 17.9. The molecule has 2 aromatic heterocycles. The molecular weight excluding hydrogens is 320 g/mol. The van der Waals surface area contributed by atoms with E-state index in [2.05, 4.69) is 15.2 Å². The smallest absolute Gasteiger partial charge is 0.225 e. The molecule has 0 spiro atoms. The third-order valence-electron chi connectivity index (χ3n) is 4.45. The standard InChI is InChI=1S/C18H26N4OS/c1-14-10-16(21-17(20-14)22-7-4-3-5-8-22)11-19-13-18(2,23)15-6-9-24-12-15/h6,9-10,12,19,23H,3-5,7-8,11,13H2,1-2H3. The topological polar surface area (TPSA) is 61.3 Å². The van der Waals surface area contributed by atoms with Gasteiger partial charge in [-0.25, -0.2) is 9.97 Å². The van der Waals surface area contributed by atoms with E-state index in [9.17, 15) is 5.11 Å². The van der Waals surface area contributed by atoms with Gasteiger partial charge in [-0.05, 0) is 61.6 Å². The molecule has 1 fully saturated rings. The van der Waals surface area contributed by atoms with Gasteiger partial charge in [-0.3, -0.25) is 0 Å². The highest BCUT2D eigenvalue weighted by Gasteiger charge is 2.23. The summed E-state index contributed by atoms with van der Waals surface area (Å²) in [7, 11) is 0. The van der Waals surface area contributed by atoms with Crippen molar-refractivity contribution in [2.24, 2.45) is 0 Å². The Morgan fingerprint density at radius 2 is 2.08 bits per heavy atom. The lowest BCUT2D eigenvalue weighted by atomic mass is 9.99. The summed E-state index contributed by atoms with van der Waals surface area (Å²) < 4.78 is 0. The molecule has 0 aromatic carbocycles. The minimum absolute atomic E-state index is 0.492. The van der Waals surface area contributed by atoms with Crippen LogP contribution >= 0.6 is 11.3 Å². The van der Waals surface area contributed by atoms with Crippen molar-refractivity contribution in [3.05, 3.63) is 39.8 Å². The van der Waals surface area contributed by atoms with Crippen LogP contribution in [0.25, 0.3) is 0 Å². The molecule has 1 aliphatic rings. The molecule has 0 bridgehead atoms. The summed E-state index contributed by atoms with van der Waals surface area (Å²) in [6.45, 7) is 7.06. The number of piperidine rings is 1. The van der Waals surface area contributed by atoms with Gasteiger partial charge in [-0.2, -0.15) is 11.3 Å². The Labute approximate surface area is 147 Å². The quantitative estimate of drug-likeness (QED) is 0.842. The molecule has 1 unspecified atom stereocenters. The Morgan fingerprint density at radius 3 is 2.79 bits per heavy atom. The average Bonchev–Trinajstić information content (AvgIpc) is 3.10. The Kier molecular flexibility index (Phi) is 5.48. The van der Waals surface area contributed by atoms with E-state index in [0.717, 1.165) is 36.0 Å². The fraction of sp³-hybridized carbons (Fsp3) is 0.556. The molecule has 2 N–H and O–H groups in total. The van der Waals surface area contributed by atoms with Gasteiger partial charge < -0.3 is 15.3 Å². The zero-order valence-electron chi connectivity index (χ0n) is 14.5. The minimum Gasteiger partial charge on any atom is -0.384 e. The summed E-state index contributed by atoms with van der Waals surface area (Å²) in [5.41, 5.74) is 2.06. The van der Waals surface area contributed by atoms with Gasteiger partial charge in [0.2, 0.25) is 5.95 Å². The van der Waals surface area contributed by atoms with E-state index < -0.39 is 5.60 Å². The Hall–Kier alpha value is -1.50. The second-order valence-corrected chi connectivity index (χ2v) is 7.52. The molecule has 3 rings (SSSR count). The van der Waals surface area contributed by atoms with Gasteiger partial charge in [0, 0.05) is 31.9 Å². The van der Waals surface area contributed by atoms with Gasteiger partial charge >= 0.3 is 0 Å². The Bertz CT molecular complexity index is 651. The summed E-state index contributed by atoms with van der Waals surface area (Å²) in [6.07, 6.45) is 3.73. The molecule has 24 heavy (non-hydrogen) atoms. The molecular formula is C18H26N4OS. The van der Waals surface area contributed by atoms with Crippen LogP contribution in [-0.2, 0) is 12.1 Å². The maximum absolute atomic E-state index is 10.6. The summed E-state index contributed by atoms with van der Waals surface area (Å²) >= 11 is 1.60. The largest absolute Gasteiger partial charge is 0.384 e. The van der Waals surface area contributed by atoms with Crippen LogP contribution in [-0.4, -0.2) is 34.7 Å². The van der Waals surface area contributed by atoms with Gasteiger partial charge in [-0.1, -0.05) is 0 Å². The summed E-state index contributed by atoms with van der Waals surface area (Å²) in [6, 6.07) is 3.98. The van der Waals surface area contributed by atoms with E-state index in [4.69, 9.17) is 4.98 Å². The number of hydrogen-bond acceptors (Lipinski definition) is 6. The average molecular weight is 347 g/mol. The van der Waals surface area contributed by atoms with Gasteiger partial charge in [0.15, 0.2) is 0 Å². The second kappa shape index (κ2) is 7.59. The Morgan fingerprint density at radius 1 is 1.29 bits per heavy atom. The van der Waals surface area contributed by atoms with Crippen LogP contribution in [0.2, 0.25) is 0 Å². The fourth-order valence-corrected chi connectivity index (χ4v) is 3.83. The summed E-state index contributed by atoms with van der Waals surface area (Å²) in [5.74, 6) is 0.844. The molecule has 0 saturated carbocycles. The van der Waals surface area contributed by atoms with Crippen molar-refractivity contribution in [3.8, 4) is 0 Å². The fourth-order valence-electron chi connectivity index (χ4n) is 3.05. The van der Waals surface area contributed by atoms with E-state index in [1.165, 1.54) is 19.3 Å². The zero-order chi connectivity index (χ0) is 17.0. The predicted molar refractivity (Wildman–Crippen MR) is 98.4 cm³/mol. The molecule has 130 valence electrons. The van der Waals surface area contributed by atoms with Crippen LogP contribution in [0.3, 0.4) is 0 Å². The Balaban J connectivity index is 1.61. The first-order valence-electron chi connectivity index (χ1n) is 8.60. The highest BCUT2D eigenvalue weighted by Crippen LogP contribution is 2.22. The van der Waals surface area contributed by atoms with Gasteiger partial charge in [-0.15, -0.1) is 0 Å². The van der Waals surface area contributed by atoms with Crippen LogP contribution < -0.4 is 10.2 Å². The molecule has 6 heteroatoms. The third-order valence-corrected chi connectivity index (χ3v) is 5.14. The van der Waals surface area contributed by atoms with Gasteiger partial charge in [0.25, 0.3) is 0 Å². The maximum atomic E-state index is 10.6. The van der Waals surface area contributed by atoms with Crippen LogP contribution in [0.4, 0.5) is 5.95 Å². The molecule has 0 radical (unpaired) electrons. The van der Waals surface area contributed by atoms with E-state index in [0.29, 0.717) is 13.1 Å². The number of thiophene rings is 1. The number of aliphatic hydroxyl groups is 1. The van der Waals surface area contributed by atoms with E-state index in [1.54, 1.807) is 11.3 Å². The lowest BCUT2D eigenvalue weighted by molar-refractivity contribution is 0.0570.